The summed E-state index contributed by atoms with van der Waals surface area (Å²) in [7, 11) is 1.46. The van der Waals surface area contributed by atoms with E-state index in [1.165, 1.54) is 30.9 Å². The molecule has 0 spiro atoms. The van der Waals surface area contributed by atoms with Crippen LogP contribution >= 0.6 is 11.8 Å². The molecule has 1 rings (SSSR count). The zero-order valence-corrected chi connectivity index (χ0v) is 14.2. The highest BCUT2D eigenvalue weighted by atomic mass is 32.2. The standard InChI is InChI=1S/C15H21N3O4S/c1-10(2)6-7-23-13-5-4-11(8-12(13)18(21)22)15(20)17-9-14(19)16-3/h4-5,8,10H,6-7,9H2,1-3H3,(H,16,19)(H,17,20). The number of hydrogen-bond acceptors (Lipinski definition) is 5. The minimum atomic E-state index is -0.518. The summed E-state index contributed by atoms with van der Waals surface area (Å²) in [6.45, 7) is 4.01. The predicted molar refractivity (Wildman–Crippen MR) is 89.7 cm³/mol. The Morgan fingerprint density at radius 1 is 1.35 bits per heavy atom. The number of nitro benzene ring substituents is 1. The van der Waals surface area contributed by atoms with Crippen molar-refractivity contribution in [2.75, 3.05) is 19.3 Å². The third-order valence-electron chi connectivity index (χ3n) is 3.06. The Bertz CT molecular complexity index is 590. The number of benzene rings is 1. The minimum absolute atomic E-state index is 0.0913. The summed E-state index contributed by atoms with van der Waals surface area (Å²) in [6.07, 6.45) is 0.955. The van der Waals surface area contributed by atoms with Gasteiger partial charge in [0.25, 0.3) is 11.6 Å². The van der Waals surface area contributed by atoms with Crippen LogP contribution in [0.2, 0.25) is 0 Å². The lowest BCUT2D eigenvalue weighted by atomic mass is 10.2. The van der Waals surface area contributed by atoms with E-state index in [0.717, 1.165) is 12.2 Å². The molecule has 0 aliphatic carbocycles. The second-order valence-corrected chi connectivity index (χ2v) is 6.46. The van der Waals surface area contributed by atoms with Crippen LogP contribution in [-0.2, 0) is 4.79 Å². The van der Waals surface area contributed by atoms with E-state index in [9.17, 15) is 19.7 Å². The van der Waals surface area contributed by atoms with Gasteiger partial charge in [-0.05, 0) is 30.2 Å². The van der Waals surface area contributed by atoms with E-state index >= 15 is 0 Å². The van der Waals surface area contributed by atoms with E-state index in [1.807, 2.05) is 0 Å². The van der Waals surface area contributed by atoms with Gasteiger partial charge in [-0.3, -0.25) is 19.7 Å². The summed E-state index contributed by atoms with van der Waals surface area (Å²) in [5.74, 6) is 0.446. The Morgan fingerprint density at radius 2 is 2.04 bits per heavy atom. The summed E-state index contributed by atoms with van der Waals surface area (Å²) >= 11 is 1.41. The van der Waals surface area contributed by atoms with Crippen molar-refractivity contribution < 1.29 is 14.5 Å². The van der Waals surface area contributed by atoms with Gasteiger partial charge in [-0.1, -0.05) is 13.8 Å². The highest BCUT2D eigenvalue weighted by Gasteiger charge is 2.18. The van der Waals surface area contributed by atoms with Gasteiger partial charge in [-0.15, -0.1) is 11.8 Å². The van der Waals surface area contributed by atoms with Crippen LogP contribution in [0, 0.1) is 16.0 Å². The molecule has 0 radical (unpaired) electrons. The quantitative estimate of drug-likeness (QED) is 0.429. The number of carbonyl (C=O) groups is 2. The average Bonchev–Trinajstić information content (AvgIpc) is 2.51. The third kappa shape index (κ3) is 6.27. The van der Waals surface area contributed by atoms with Gasteiger partial charge in [0.05, 0.1) is 16.4 Å². The maximum atomic E-state index is 11.9. The van der Waals surface area contributed by atoms with E-state index in [1.54, 1.807) is 6.07 Å². The van der Waals surface area contributed by atoms with Crippen molar-refractivity contribution in [2.24, 2.45) is 5.92 Å². The van der Waals surface area contributed by atoms with E-state index in [4.69, 9.17) is 0 Å². The third-order valence-corrected chi connectivity index (χ3v) is 4.15. The number of nitrogens with zero attached hydrogens (tertiary/aromatic N) is 1. The van der Waals surface area contributed by atoms with Crippen LogP contribution in [0.25, 0.3) is 0 Å². The molecule has 8 heteroatoms. The Hall–Kier alpha value is -2.09. The van der Waals surface area contributed by atoms with Crippen molar-refractivity contribution in [3.8, 4) is 0 Å². The Kier molecular flexibility index (Phi) is 7.53. The lowest BCUT2D eigenvalue weighted by Gasteiger charge is -2.08. The maximum Gasteiger partial charge on any atom is 0.283 e. The van der Waals surface area contributed by atoms with Gasteiger partial charge < -0.3 is 10.6 Å². The molecule has 0 heterocycles. The predicted octanol–water partition coefficient (Wildman–Crippen LogP) is 2.21. The zero-order valence-electron chi connectivity index (χ0n) is 13.4. The van der Waals surface area contributed by atoms with Gasteiger partial charge >= 0.3 is 0 Å². The molecule has 2 N–H and O–H groups in total. The minimum Gasteiger partial charge on any atom is -0.358 e. The summed E-state index contributed by atoms with van der Waals surface area (Å²) in [4.78, 5) is 34.3. The van der Waals surface area contributed by atoms with E-state index in [-0.39, 0.29) is 23.7 Å². The number of rotatable bonds is 8. The first-order valence-corrected chi connectivity index (χ1v) is 8.23. The summed E-state index contributed by atoms with van der Waals surface area (Å²) in [5.41, 5.74) is 0.0696. The Labute approximate surface area is 139 Å². The van der Waals surface area contributed by atoms with E-state index in [0.29, 0.717) is 10.8 Å². The largest absolute Gasteiger partial charge is 0.358 e. The van der Waals surface area contributed by atoms with Gasteiger partial charge in [0.2, 0.25) is 5.91 Å². The summed E-state index contributed by atoms with van der Waals surface area (Å²) in [5, 5.41) is 16.0. The molecule has 7 nitrogen and oxygen atoms in total. The fourth-order valence-electron chi connectivity index (χ4n) is 1.68. The molecule has 0 aliphatic heterocycles. The average molecular weight is 339 g/mol. The number of hydrogen-bond donors (Lipinski definition) is 2. The van der Waals surface area contributed by atoms with Gasteiger partial charge in [0, 0.05) is 18.7 Å². The highest BCUT2D eigenvalue weighted by Crippen LogP contribution is 2.31. The molecule has 0 fully saturated rings. The van der Waals surface area contributed by atoms with Crippen molar-refractivity contribution in [1.82, 2.24) is 10.6 Å². The van der Waals surface area contributed by atoms with Gasteiger partial charge in [-0.2, -0.15) is 0 Å². The van der Waals surface area contributed by atoms with Crippen molar-refractivity contribution >= 4 is 29.3 Å². The summed E-state index contributed by atoms with van der Waals surface area (Å²) in [6, 6.07) is 4.36. The van der Waals surface area contributed by atoms with Crippen LogP contribution < -0.4 is 10.6 Å². The summed E-state index contributed by atoms with van der Waals surface area (Å²) < 4.78 is 0. The Morgan fingerprint density at radius 3 is 2.61 bits per heavy atom. The SMILES string of the molecule is CNC(=O)CNC(=O)c1ccc(SCCC(C)C)c([N+](=O)[O-])c1. The van der Waals surface area contributed by atoms with Crippen molar-refractivity contribution in [3.63, 3.8) is 0 Å². The molecule has 0 aromatic heterocycles. The van der Waals surface area contributed by atoms with Crippen LogP contribution in [0.1, 0.15) is 30.6 Å². The molecular formula is C15H21N3O4S. The first kappa shape index (κ1) is 19.0. The van der Waals surface area contributed by atoms with Gasteiger partial charge in [-0.25, -0.2) is 0 Å². The van der Waals surface area contributed by atoms with E-state index in [2.05, 4.69) is 24.5 Å². The van der Waals surface area contributed by atoms with Crippen molar-refractivity contribution in [2.45, 2.75) is 25.2 Å². The maximum absolute atomic E-state index is 11.9. The number of amides is 2. The second kappa shape index (κ2) is 9.14. The molecule has 0 saturated carbocycles. The number of nitrogens with one attached hydrogen (secondary N) is 2. The second-order valence-electron chi connectivity index (χ2n) is 5.33. The number of nitro groups is 1. The smallest absolute Gasteiger partial charge is 0.283 e. The molecule has 0 saturated heterocycles. The monoisotopic (exact) mass is 339 g/mol. The van der Waals surface area contributed by atoms with Gasteiger partial charge in [0.1, 0.15) is 0 Å². The lowest BCUT2D eigenvalue weighted by molar-refractivity contribution is -0.387. The fraction of sp³-hybridized carbons (Fsp3) is 0.467. The molecule has 23 heavy (non-hydrogen) atoms. The fourth-order valence-corrected chi connectivity index (χ4v) is 2.93. The van der Waals surface area contributed by atoms with Crippen molar-refractivity contribution in [1.29, 1.82) is 0 Å². The van der Waals surface area contributed by atoms with Crippen molar-refractivity contribution in [3.05, 3.63) is 33.9 Å². The molecular weight excluding hydrogens is 318 g/mol. The van der Waals surface area contributed by atoms with Crippen LogP contribution in [-0.4, -0.2) is 36.1 Å². The first-order valence-electron chi connectivity index (χ1n) is 7.25. The zero-order chi connectivity index (χ0) is 17.4. The highest BCUT2D eigenvalue weighted by molar-refractivity contribution is 7.99. The number of thioether (sulfide) groups is 1. The number of likely N-dealkylation sites (N-methyl/N-ethyl adjacent to an activating group) is 1. The molecule has 0 atom stereocenters. The lowest BCUT2D eigenvalue weighted by Crippen LogP contribution is -2.35. The van der Waals surface area contributed by atoms with Crippen LogP contribution in [0.3, 0.4) is 0 Å². The van der Waals surface area contributed by atoms with Crippen LogP contribution in [0.4, 0.5) is 5.69 Å². The van der Waals surface area contributed by atoms with Crippen LogP contribution in [0.5, 0.6) is 0 Å². The molecule has 2 amide bonds. The molecule has 1 aromatic carbocycles. The Balaban J connectivity index is 2.84. The molecule has 0 bridgehead atoms. The number of carbonyl (C=O) groups excluding carboxylic acids is 2. The molecule has 126 valence electrons. The van der Waals surface area contributed by atoms with E-state index < -0.39 is 10.8 Å². The molecule has 1 aromatic rings. The van der Waals surface area contributed by atoms with Crippen LogP contribution in [0.15, 0.2) is 23.1 Å². The topological polar surface area (TPSA) is 101 Å². The first-order chi connectivity index (χ1) is 10.8. The van der Waals surface area contributed by atoms with Gasteiger partial charge in [0.15, 0.2) is 0 Å². The molecule has 0 aliphatic rings. The molecule has 0 unspecified atom stereocenters. The normalized spacial score (nSPS) is 10.4.